The summed E-state index contributed by atoms with van der Waals surface area (Å²) in [5.74, 6) is -0.143. The molecule has 1 aromatic carbocycles. The van der Waals surface area contributed by atoms with Crippen molar-refractivity contribution in [3.8, 4) is 0 Å². The van der Waals surface area contributed by atoms with E-state index in [0.717, 1.165) is 6.42 Å². The number of hydrogen-bond donors (Lipinski definition) is 1. The molecule has 0 aromatic heterocycles. The van der Waals surface area contributed by atoms with E-state index in [0.29, 0.717) is 12.1 Å². The zero-order chi connectivity index (χ0) is 13.5. The van der Waals surface area contributed by atoms with Crippen molar-refractivity contribution in [3.05, 3.63) is 35.6 Å². The molecule has 0 amide bonds. The van der Waals surface area contributed by atoms with E-state index >= 15 is 0 Å². The smallest absolute Gasteiger partial charge is 0.123 e. The Kier molecular flexibility index (Phi) is 5.84. The Balaban J connectivity index is 1.99. The lowest BCUT2D eigenvalue weighted by atomic mass is 9.93. The van der Waals surface area contributed by atoms with Crippen LogP contribution in [-0.4, -0.2) is 6.04 Å². The second-order valence-corrected chi connectivity index (χ2v) is 5.75. The fourth-order valence-corrected chi connectivity index (χ4v) is 3.00. The summed E-state index contributed by atoms with van der Waals surface area (Å²) < 4.78 is 13.0. The minimum atomic E-state index is -0.143. The van der Waals surface area contributed by atoms with Crippen molar-refractivity contribution in [2.45, 2.75) is 70.4 Å². The standard InChI is InChI=1S/C17H26FN/c1-2-3-9-17(14-10-12-15(18)13-11-14)19-16-7-5-4-6-8-16/h10-13,16-17,19H,2-9H2,1H3. The third-order valence-corrected chi connectivity index (χ3v) is 4.16. The van der Waals surface area contributed by atoms with Crippen LogP contribution in [0.4, 0.5) is 4.39 Å². The highest BCUT2D eigenvalue weighted by molar-refractivity contribution is 5.20. The van der Waals surface area contributed by atoms with Crippen molar-refractivity contribution >= 4 is 0 Å². The molecule has 0 bridgehead atoms. The van der Waals surface area contributed by atoms with Gasteiger partial charge in [0.1, 0.15) is 5.82 Å². The van der Waals surface area contributed by atoms with Crippen molar-refractivity contribution in [1.29, 1.82) is 0 Å². The van der Waals surface area contributed by atoms with Crippen LogP contribution in [0.5, 0.6) is 0 Å². The zero-order valence-electron chi connectivity index (χ0n) is 12.0. The van der Waals surface area contributed by atoms with Gasteiger partial charge in [-0.15, -0.1) is 0 Å². The molecule has 1 unspecified atom stereocenters. The Labute approximate surface area is 116 Å². The van der Waals surface area contributed by atoms with Gasteiger partial charge in [-0.05, 0) is 37.0 Å². The van der Waals surface area contributed by atoms with Crippen molar-refractivity contribution < 1.29 is 4.39 Å². The summed E-state index contributed by atoms with van der Waals surface area (Å²) in [6.45, 7) is 2.22. The van der Waals surface area contributed by atoms with Crippen molar-refractivity contribution in [1.82, 2.24) is 5.32 Å². The first kappa shape index (κ1) is 14.5. The number of unbranched alkanes of at least 4 members (excludes halogenated alkanes) is 1. The van der Waals surface area contributed by atoms with Crippen molar-refractivity contribution in [2.75, 3.05) is 0 Å². The van der Waals surface area contributed by atoms with E-state index in [-0.39, 0.29) is 5.82 Å². The molecular formula is C17H26FN. The predicted molar refractivity (Wildman–Crippen MR) is 78.7 cm³/mol. The lowest BCUT2D eigenvalue weighted by Crippen LogP contribution is -2.34. The average molecular weight is 263 g/mol. The summed E-state index contributed by atoms with van der Waals surface area (Å²) >= 11 is 0. The topological polar surface area (TPSA) is 12.0 Å². The minimum absolute atomic E-state index is 0.143. The second-order valence-electron chi connectivity index (χ2n) is 5.75. The SMILES string of the molecule is CCCCC(NC1CCCCC1)c1ccc(F)cc1. The van der Waals surface area contributed by atoms with Crippen LogP contribution in [0, 0.1) is 5.82 Å². The average Bonchev–Trinajstić information content (AvgIpc) is 2.45. The van der Waals surface area contributed by atoms with E-state index in [4.69, 9.17) is 0 Å². The number of benzene rings is 1. The van der Waals surface area contributed by atoms with Crippen LogP contribution in [0.3, 0.4) is 0 Å². The summed E-state index contributed by atoms with van der Waals surface area (Å²) in [6.07, 6.45) is 10.3. The fraction of sp³-hybridized carbons (Fsp3) is 0.647. The molecule has 0 heterocycles. The molecule has 2 rings (SSSR count). The monoisotopic (exact) mass is 263 g/mol. The summed E-state index contributed by atoms with van der Waals surface area (Å²) in [7, 11) is 0. The predicted octanol–water partition coefficient (Wildman–Crippen LogP) is 4.98. The van der Waals surface area contributed by atoms with Crippen LogP contribution in [0.2, 0.25) is 0 Å². The largest absolute Gasteiger partial charge is 0.307 e. The summed E-state index contributed by atoms with van der Waals surface area (Å²) in [4.78, 5) is 0. The van der Waals surface area contributed by atoms with Crippen LogP contribution in [0.25, 0.3) is 0 Å². The maximum absolute atomic E-state index is 13.0. The molecule has 1 fully saturated rings. The Hall–Kier alpha value is -0.890. The van der Waals surface area contributed by atoms with Crippen LogP contribution >= 0.6 is 0 Å². The first-order chi connectivity index (χ1) is 9.29. The van der Waals surface area contributed by atoms with E-state index in [1.807, 2.05) is 12.1 Å². The number of rotatable bonds is 6. The van der Waals surface area contributed by atoms with Crippen LogP contribution in [0.15, 0.2) is 24.3 Å². The van der Waals surface area contributed by atoms with Crippen molar-refractivity contribution in [2.24, 2.45) is 0 Å². The van der Waals surface area contributed by atoms with Gasteiger partial charge in [0.15, 0.2) is 0 Å². The lowest BCUT2D eigenvalue weighted by molar-refractivity contribution is 0.327. The van der Waals surface area contributed by atoms with Gasteiger partial charge >= 0.3 is 0 Å². The van der Waals surface area contributed by atoms with Gasteiger partial charge in [0.2, 0.25) is 0 Å². The molecule has 1 aromatic rings. The summed E-state index contributed by atoms with van der Waals surface area (Å²) in [5, 5.41) is 3.80. The normalized spacial score (nSPS) is 18.4. The van der Waals surface area contributed by atoms with Crippen LogP contribution in [0.1, 0.15) is 69.9 Å². The van der Waals surface area contributed by atoms with Gasteiger partial charge in [-0.25, -0.2) is 4.39 Å². The van der Waals surface area contributed by atoms with Gasteiger partial charge < -0.3 is 5.32 Å². The number of hydrogen-bond acceptors (Lipinski definition) is 1. The third kappa shape index (κ3) is 4.61. The van der Waals surface area contributed by atoms with E-state index in [1.165, 1.54) is 50.5 Å². The van der Waals surface area contributed by atoms with Gasteiger partial charge in [0, 0.05) is 12.1 Å². The Bertz CT molecular complexity index is 354. The van der Waals surface area contributed by atoms with Gasteiger partial charge in [0.25, 0.3) is 0 Å². The zero-order valence-corrected chi connectivity index (χ0v) is 12.0. The first-order valence-electron chi connectivity index (χ1n) is 7.81. The maximum atomic E-state index is 13.0. The fourth-order valence-electron chi connectivity index (χ4n) is 3.00. The lowest BCUT2D eigenvalue weighted by Gasteiger charge is -2.29. The Morgan fingerprint density at radius 1 is 1.16 bits per heavy atom. The molecule has 1 N–H and O–H groups in total. The van der Waals surface area contributed by atoms with E-state index in [1.54, 1.807) is 12.1 Å². The Morgan fingerprint density at radius 3 is 2.47 bits per heavy atom. The Morgan fingerprint density at radius 2 is 1.84 bits per heavy atom. The van der Waals surface area contributed by atoms with Crippen molar-refractivity contribution in [3.63, 3.8) is 0 Å². The highest BCUT2D eigenvalue weighted by atomic mass is 19.1. The number of halogens is 1. The third-order valence-electron chi connectivity index (χ3n) is 4.16. The van der Waals surface area contributed by atoms with Gasteiger partial charge in [-0.3, -0.25) is 0 Å². The maximum Gasteiger partial charge on any atom is 0.123 e. The molecule has 0 spiro atoms. The molecule has 0 aliphatic heterocycles. The van der Waals surface area contributed by atoms with E-state index in [9.17, 15) is 4.39 Å². The van der Waals surface area contributed by atoms with Gasteiger partial charge in [-0.2, -0.15) is 0 Å². The molecule has 0 saturated heterocycles. The number of nitrogens with one attached hydrogen (secondary N) is 1. The second kappa shape index (κ2) is 7.64. The quantitative estimate of drug-likeness (QED) is 0.763. The highest BCUT2D eigenvalue weighted by Gasteiger charge is 2.18. The van der Waals surface area contributed by atoms with Gasteiger partial charge in [0.05, 0.1) is 0 Å². The van der Waals surface area contributed by atoms with Crippen LogP contribution in [-0.2, 0) is 0 Å². The highest BCUT2D eigenvalue weighted by Crippen LogP contribution is 2.25. The first-order valence-corrected chi connectivity index (χ1v) is 7.81. The van der Waals surface area contributed by atoms with E-state index < -0.39 is 0 Å². The van der Waals surface area contributed by atoms with E-state index in [2.05, 4.69) is 12.2 Å². The van der Waals surface area contributed by atoms with Crippen LogP contribution < -0.4 is 5.32 Å². The molecule has 0 radical (unpaired) electrons. The molecule has 1 atom stereocenters. The summed E-state index contributed by atoms with van der Waals surface area (Å²) in [5.41, 5.74) is 1.24. The molecule has 1 saturated carbocycles. The molecule has 19 heavy (non-hydrogen) atoms. The van der Waals surface area contributed by atoms with Gasteiger partial charge in [-0.1, -0.05) is 51.2 Å². The molecule has 1 nitrogen and oxygen atoms in total. The summed E-state index contributed by atoms with van der Waals surface area (Å²) in [6, 6.07) is 8.08. The molecule has 2 heteroatoms. The molecule has 1 aliphatic carbocycles. The molecule has 106 valence electrons. The molecule has 1 aliphatic rings. The molecular weight excluding hydrogens is 237 g/mol. The minimum Gasteiger partial charge on any atom is -0.307 e.